The molecule has 0 atom stereocenters. The molecule has 0 amide bonds. The molecule has 5 nitrogen and oxygen atoms in total. The maximum absolute atomic E-state index is 6.22. The van der Waals surface area contributed by atoms with Gasteiger partial charge in [-0.3, -0.25) is 4.98 Å². The van der Waals surface area contributed by atoms with Crippen LogP contribution in [0.15, 0.2) is 39.7 Å². The van der Waals surface area contributed by atoms with Gasteiger partial charge in [0.15, 0.2) is 4.34 Å². The minimum Gasteiger partial charge on any atom is -0.397 e. The zero-order chi connectivity index (χ0) is 14.1. The van der Waals surface area contributed by atoms with E-state index >= 15 is 0 Å². The van der Waals surface area contributed by atoms with E-state index in [2.05, 4.69) is 15.2 Å². The fourth-order valence-corrected chi connectivity index (χ4v) is 3.55. The van der Waals surface area contributed by atoms with Gasteiger partial charge in [-0.1, -0.05) is 23.1 Å². The molecule has 0 aliphatic carbocycles. The van der Waals surface area contributed by atoms with Gasteiger partial charge in [0.05, 0.1) is 11.2 Å². The molecule has 0 aliphatic rings. The van der Waals surface area contributed by atoms with Gasteiger partial charge in [0, 0.05) is 30.6 Å². The standard InChI is InChI=1S/C13H13N5S2/c1-18(2)12-16-17-13(20-12)19-10-6-5-9-8(11(10)14)4-3-7-15-9/h3-7H,14H2,1-2H3. The predicted molar refractivity (Wildman–Crippen MR) is 84.5 cm³/mol. The maximum Gasteiger partial charge on any atom is 0.208 e. The van der Waals surface area contributed by atoms with Crippen LogP contribution in [0.1, 0.15) is 0 Å². The fourth-order valence-electron chi connectivity index (χ4n) is 1.76. The molecule has 0 radical (unpaired) electrons. The smallest absolute Gasteiger partial charge is 0.208 e. The van der Waals surface area contributed by atoms with E-state index in [1.54, 1.807) is 17.5 Å². The summed E-state index contributed by atoms with van der Waals surface area (Å²) in [4.78, 5) is 7.21. The first kappa shape index (κ1) is 13.1. The number of hydrogen-bond acceptors (Lipinski definition) is 7. The molecule has 0 unspecified atom stereocenters. The number of nitrogens with two attached hydrogens (primary N) is 1. The first-order chi connectivity index (χ1) is 9.65. The Kier molecular flexibility index (Phi) is 3.45. The summed E-state index contributed by atoms with van der Waals surface area (Å²) in [7, 11) is 3.90. The number of rotatable bonds is 3. The molecule has 0 saturated heterocycles. The lowest BCUT2D eigenvalue weighted by molar-refractivity contribution is 0.973. The van der Waals surface area contributed by atoms with E-state index in [-0.39, 0.29) is 0 Å². The highest BCUT2D eigenvalue weighted by Crippen LogP contribution is 2.38. The van der Waals surface area contributed by atoms with Gasteiger partial charge < -0.3 is 10.6 Å². The van der Waals surface area contributed by atoms with Crippen molar-refractivity contribution in [1.82, 2.24) is 15.2 Å². The highest BCUT2D eigenvalue weighted by atomic mass is 32.2. The summed E-state index contributed by atoms with van der Waals surface area (Å²) >= 11 is 3.08. The second-order valence-electron chi connectivity index (χ2n) is 4.39. The van der Waals surface area contributed by atoms with E-state index < -0.39 is 0 Å². The van der Waals surface area contributed by atoms with Gasteiger partial charge in [0.25, 0.3) is 0 Å². The largest absolute Gasteiger partial charge is 0.397 e. The van der Waals surface area contributed by atoms with E-state index in [1.165, 1.54) is 11.8 Å². The highest BCUT2D eigenvalue weighted by Gasteiger charge is 2.11. The molecule has 2 heterocycles. The van der Waals surface area contributed by atoms with E-state index in [0.29, 0.717) is 0 Å². The molecule has 3 rings (SSSR count). The van der Waals surface area contributed by atoms with Gasteiger partial charge in [0.1, 0.15) is 0 Å². The molecular formula is C13H13N5S2. The molecule has 0 bridgehead atoms. The monoisotopic (exact) mass is 303 g/mol. The minimum absolute atomic E-state index is 0.738. The number of aromatic nitrogens is 3. The number of fused-ring (bicyclic) bond motifs is 1. The summed E-state index contributed by atoms with van der Waals surface area (Å²) in [6, 6.07) is 7.82. The Morgan fingerprint density at radius 2 is 2.05 bits per heavy atom. The number of nitrogen functional groups attached to an aromatic ring is 1. The summed E-state index contributed by atoms with van der Waals surface area (Å²) in [5, 5.41) is 10.1. The first-order valence-corrected chi connectivity index (χ1v) is 7.60. The van der Waals surface area contributed by atoms with Gasteiger partial charge >= 0.3 is 0 Å². The summed E-state index contributed by atoms with van der Waals surface area (Å²) < 4.78 is 0.878. The van der Waals surface area contributed by atoms with Crippen molar-refractivity contribution in [2.45, 2.75) is 9.24 Å². The molecule has 3 aromatic rings. The summed E-state index contributed by atoms with van der Waals surface area (Å²) in [6.07, 6.45) is 1.77. The zero-order valence-electron chi connectivity index (χ0n) is 11.1. The van der Waals surface area contributed by atoms with Crippen LogP contribution in [0.3, 0.4) is 0 Å². The molecule has 0 fully saturated rings. The second-order valence-corrected chi connectivity index (χ2v) is 6.64. The van der Waals surface area contributed by atoms with Crippen molar-refractivity contribution >= 4 is 44.8 Å². The lowest BCUT2D eigenvalue weighted by Crippen LogP contribution is -2.07. The van der Waals surface area contributed by atoms with Gasteiger partial charge in [-0.15, -0.1) is 10.2 Å². The van der Waals surface area contributed by atoms with Crippen molar-refractivity contribution in [2.75, 3.05) is 24.7 Å². The van der Waals surface area contributed by atoms with E-state index in [1.807, 2.05) is 43.3 Å². The Hall–Kier alpha value is -1.86. The number of pyridine rings is 1. The Balaban J connectivity index is 1.96. The number of hydrogen-bond donors (Lipinski definition) is 1. The molecular weight excluding hydrogens is 290 g/mol. The molecule has 20 heavy (non-hydrogen) atoms. The molecule has 0 aliphatic heterocycles. The number of benzene rings is 1. The normalized spacial score (nSPS) is 10.9. The lowest BCUT2D eigenvalue weighted by Gasteiger charge is -2.06. The SMILES string of the molecule is CN(C)c1nnc(Sc2ccc3ncccc3c2N)s1. The van der Waals surface area contributed by atoms with Gasteiger partial charge in [-0.25, -0.2) is 0 Å². The topological polar surface area (TPSA) is 67.9 Å². The fraction of sp³-hybridized carbons (Fsp3) is 0.154. The third-order valence-corrected chi connectivity index (χ3v) is 4.98. The third-order valence-electron chi connectivity index (χ3n) is 2.76. The van der Waals surface area contributed by atoms with Crippen molar-refractivity contribution in [3.05, 3.63) is 30.5 Å². The van der Waals surface area contributed by atoms with E-state index in [0.717, 1.165) is 31.0 Å². The average molecular weight is 303 g/mol. The van der Waals surface area contributed by atoms with Crippen molar-refractivity contribution in [3.8, 4) is 0 Å². The second kappa shape index (κ2) is 5.26. The van der Waals surface area contributed by atoms with Crippen LogP contribution in [0.4, 0.5) is 10.8 Å². The number of nitrogens with zero attached hydrogens (tertiary/aromatic N) is 4. The molecule has 0 spiro atoms. The maximum atomic E-state index is 6.22. The van der Waals surface area contributed by atoms with Crippen LogP contribution in [-0.2, 0) is 0 Å². The van der Waals surface area contributed by atoms with E-state index in [4.69, 9.17) is 5.73 Å². The third kappa shape index (κ3) is 2.41. The quantitative estimate of drug-likeness (QED) is 0.750. The summed E-state index contributed by atoms with van der Waals surface area (Å²) in [5.41, 5.74) is 7.86. The van der Waals surface area contributed by atoms with Crippen molar-refractivity contribution in [3.63, 3.8) is 0 Å². The zero-order valence-corrected chi connectivity index (χ0v) is 12.7. The first-order valence-electron chi connectivity index (χ1n) is 5.97. The van der Waals surface area contributed by atoms with Gasteiger partial charge in [-0.2, -0.15) is 0 Å². The minimum atomic E-state index is 0.738. The molecule has 2 N–H and O–H groups in total. The molecule has 7 heteroatoms. The van der Waals surface area contributed by atoms with Crippen LogP contribution in [0.2, 0.25) is 0 Å². The summed E-state index contributed by atoms with van der Waals surface area (Å²) in [6.45, 7) is 0. The highest BCUT2D eigenvalue weighted by molar-refractivity contribution is 8.01. The Bertz CT molecular complexity index is 753. The Morgan fingerprint density at radius 1 is 1.20 bits per heavy atom. The molecule has 2 aromatic heterocycles. The predicted octanol–water partition coefficient (Wildman–Crippen LogP) is 2.89. The van der Waals surface area contributed by atoms with Crippen LogP contribution >= 0.6 is 23.1 Å². The van der Waals surface area contributed by atoms with Gasteiger partial charge in [-0.05, 0) is 24.3 Å². The van der Waals surface area contributed by atoms with Crippen LogP contribution in [0, 0.1) is 0 Å². The van der Waals surface area contributed by atoms with Crippen molar-refractivity contribution in [1.29, 1.82) is 0 Å². The van der Waals surface area contributed by atoms with Crippen LogP contribution in [0.5, 0.6) is 0 Å². The van der Waals surface area contributed by atoms with Crippen LogP contribution in [-0.4, -0.2) is 29.3 Å². The van der Waals surface area contributed by atoms with Crippen LogP contribution in [0.25, 0.3) is 10.9 Å². The molecule has 0 saturated carbocycles. The summed E-state index contributed by atoms with van der Waals surface area (Å²) in [5.74, 6) is 0. The molecule has 102 valence electrons. The average Bonchev–Trinajstić information content (AvgIpc) is 2.91. The van der Waals surface area contributed by atoms with Crippen LogP contribution < -0.4 is 10.6 Å². The van der Waals surface area contributed by atoms with Crippen molar-refractivity contribution < 1.29 is 0 Å². The van der Waals surface area contributed by atoms with Crippen molar-refractivity contribution in [2.24, 2.45) is 0 Å². The number of anilines is 2. The van der Waals surface area contributed by atoms with Gasteiger partial charge in [0.2, 0.25) is 5.13 Å². The van der Waals surface area contributed by atoms with E-state index in [9.17, 15) is 0 Å². The Labute approximate surface area is 124 Å². The Morgan fingerprint density at radius 3 is 2.80 bits per heavy atom. The lowest BCUT2D eigenvalue weighted by atomic mass is 10.2. The molecule has 1 aromatic carbocycles.